The summed E-state index contributed by atoms with van der Waals surface area (Å²) < 4.78 is 63.0. The Morgan fingerprint density at radius 2 is 1.86 bits per heavy atom. The number of aryl methyl sites for hydroxylation is 2. The molecule has 5 rings (SSSR count). The maximum absolute atomic E-state index is 15.2. The highest BCUT2D eigenvalue weighted by atomic mass is 19.4. The molecule has 0 fully saturated rings. The summed E-state index contributed by atoms with van der Waals surface area (Å²) in [5.41, 5.74) is 10.4. The molecule has 2 amide bonds. The Kier molecular flexibility index (Phi) is 8.69. The fraction of sp³-hybridized carbons (Fsp3) is 0.333. The highest BCUT2D eigenvalue weighted by Gasteiger charge is 2.32. The number of rotatable bonds is 8. The lowest BCUT2D eigenvalue weighted by Gasteiger charge is -2.27. The van der Waals surface area contributed by atoms with Crippen LogP contribution in [0, 0.1) is 25.6 Å². The van der Waals surface area contributed by atoms with Crippen LogP contribution in [0.5, 0.6) is 5.75 Å². The van der Waals surface area contributed by atoms with Crippen molar-refractivity contribution in [2.24, 2.45) is 11.7 Å². The number of ether oxygens (including phenoxy) is 1. The number of anilines is 1. The van der Waals surface area contributed by atoms with E-state index in [2.05, 4.69) is 24.1 Å². The monoisotopic (exact) mass is 609 g/mol. The van der Waals surface area contributed by atoms with Crippen molar-refractivity contribution in [2.45, 2.75) is 53.4 Å². The fourth-order valence-corrected chi connectivity index (χ4v) is 5.49. The van der Waals surface area contributed by atoms with Gasteiger partial charge in [-0.2, -0.15) is 18.3 Å². The molecule has 232 valence electrons. The smallest absolute Gasteiger partial charge is 0.416 e. The second-order valence-corrected chi connectivity index (χ2v) is 11.6. The molecule has 0 spiro atoms. The molecular formula is C33H35F4N5O2. The molecule has 0 saturated heterocycles. The van der Waals surface area contributed by atoms with E-state index in [1.54, 1.807) is 17.7 Å². The lowest BCUT2D eigenvalue weighted by molar-refractivity contribution is -0.137. The van der Waals surface area contributed by atoms with Gasteiger partial charge in [0.25, 0.3) is 0 Å². The average Bonchev–Trinajstić information content (AvgIpc) is 3.31. The molecule has 11 heteroatoms. The Labute approximate surface area is 253 Å². The van der Waals surface area contributed by atoms with E-state index in [0.717, 1.165) is 34.1 Å². The molecule has 2 heterocycles. The molecule has 3 aromatic carbocycles. The summed E-state index contributed by atoms with van der Waals surface area (Å²) in [6, 6.07) is 13.2. The summed E-state index contributed by atoms with van der Waals surface area (Å²) in [7, 11) is 0. The third-order valence-electron chi connectivity index (χ3n) is 7.66. The molecule has 0 saturated carbocycles. The Morgan fingerprint density at radius 1 is 1.09 bits per heavy atom. The number of nitrogens with two attached hydrogens (primary N) is 1. The highest BCUT2D eigenvalue weighted by Crippen LogP contribution is 2.38. The van der Waals surface area contributed by atoms with E-state index in [1.165, 1.54) is 24.3 Å². The summed E-state index contributed by atoms with van der Waals surface area (Å²) in [6.07, 6.45) is -3.81. The Hall–Kier alpha value is -4.38. The van der Waals surface area contributed by atoms with E-state index in [1.807, 2.05) is 25.1 Å². The summed E-state index contributed by atoms with van der Waals surface area (Å²) in [5.74, 6) is 0.275. The van der Waals surface area contributed by atoms with Crippen molar-refractivity contribution in [3.05, 3.63) is 93.9 Å². The van der Waals surface area contributed by atoms with Crippen LogP contribution in [0.3, 0.4) is 0 Å². The van der Waals surface area contributed by atoms with Crippen molar-refractivity contribution in [1.29, 1.82) is 0 Å². The first-order valence-corrected chi connectivity index (χ1v) is 14.4. The van der Waals surface area contributed by atoms with Gasteiger partial charge in [-0.15, -0.1) is 0 Å². The van der Waals surface area contributed by atoms with Crippen molar-refractivity contribution in [1.82, 2.24) is 14.7 Å². The van der Waals surface area contributed by atoms with Gasteiger partial charge in [-0.25, -0.2) is 13.9 Å². The van der Waals surface area contributed by atoms with Crippen LogP contribution in [0.2, 0.25) is 0 Å². The van der Waals surface area contributed by atoms with Gasteiger partial charge in [0.05, 0.1) is 29.2 Å². The number of hydrogen-bond acceptors (Lipinski definition) is 4. The molecule has 1 aliphatic heterocycles. The Bertz CT molecular complexity index is 1700. The molecule has 0 atom stereocenters. The summed E-state index contributed by atoms with van der Waals surface area (Å²) in [6.45, 7) is 9.79. The van der Waals surface area contributed by atoms with Gasteiger partial charge in [-0.05, 0) is 66.8 Å². The zero-order valence-electron chi connectivity index (χ0n) is 25.1. The first-order chi connectivity index (χ1) is 20.8. The quantitative estimate of drug-likeness (QED) is 0.204. The minimum atomic E-state index is -4.40. The van der Waals surface area contributed by atoms with E-state index >= 15 is 4.39 Å². The number of halogens is 4. The second kappa shape index (κ2) is 12.3. The SMILES string of the molecule is Cc1cc(C(F)(F)F)ccc1CN1CCc2nn(-c3c(C)cccc3OCC(C)C)c(-c3ccc(NC(N)=O)c(F)c3)c2C1. The Balaban J connectivity index is 1.59. The van der Waals surface area contributed by atoms with Gasteiger partial charge in [0.15, 0.2) is 0 Å². The van der Waals surface area contributed by atoms with Gasteiger partial charge in [0.1, 0.15) is 17.3 Å². The third-order valence-corrected chi connectivity index (χ3v) is 7.66. The molecule has 4 aromatic rings. The van der Waals surface area contributed by atoms with Crippen LogP contribution >= 0.6 is 0 Å². The molecule has 1 aliphatic rings. The Morgan fingerprint density at radius 3 is 2.52 bits per heavy atom. The standard InChI is InChI=1S/C33H35F4N5O2/c1-19(2)18-44-29-7-5-6-20(3)30(29)42-31(22-9-11-28(26(34)15-22)39-32(38)43)25-17-41(13-12-27(25)40-42)16-23-8-10-24(14-21(23)4)33(35,36)37/h5-11,14-15,19H,12-13,16-18H2,1-4H3,(H3,38,39,43). The van der Waals surface area contributed by atoms with Crippen LogP contribution in [-0.4, -0.2) is 33.9 Å². The summed E-state index contributed by atoms with van der Waals surface area (Å²) >= 11 is 0. The predicted molar refractivity (Wildman–Crippen MR) is 161 cm³/mol. The predicted octanol–water partition coefficient (Wildman–Crippen LogP) is 7.40. The molecule has 1 aromatic heterocycles. The number of carbonyl (C=O) groups is 1. The maximum atomic E-state index is 15.2. The number of amides is 2. The van der Waals surface area contributed by atoms with Gasteiger partial charge in [-0.1, -0.05) is 38.1 Å². The van der Waals surface area contributed by atoms with Crippen LogP contribution < -0.4 is 15.8 Å². The van der Waals surface area contributed by atoms with Crippen LogP contribution in [0.25, 0.3) is 16.9 Å². The molecule has 0 aliphatic carbocycles. The molecular weight excluding hydrogens is 574 g/mol. The number of para-hydroxylation sites is 1. The van der Waals surface area contributed by atoms with Crippen LogP contribution in [-0.2, 0) is 25.7 Å². The highest BCUT2D eigenvalue weighted by molar-refractivity contribution is 5.88. The molecule has 44 heavy (non-hydrogen) atoms. The van der Waals surface area contributed by atoms with Crippen LogP contribution in [0.15, 0.2) is 54.6 Å². The number of urea groups is 1. The van der Waals surface area contributed by atoms with E-state index in [4.69, 9.17) is 15.6 Å². The first-order valence-electron chi connectivity index (χ1n) is 14.4. The molecule has 0 bridgehead atoms. The fourth-order valence-electron chi connectivity index (χ4n) is 5.49. The van der Waals surface area contributed by atoms with Crippen molar-refractivity contribution in [3.8, 4) is 22.7 Å². The number of carbonyl (C=O) groups excluding carboxylic acids is 1. The van der Waals surface area contributed by atoms with Crippen molar-refractivity contribution in [3.63, 3.8) is 0 Å². The van der Waals surface area contributed by atoms with E-state index in [9.17, 15) is 18.0 Å². The van der Waals surface area contributed by atoms with E-state index in [-0.39, 0.29) is 11.6 Å². The molecule has 0 unspecified atom stereocenters. The number of benzene rings is 3. The lowest BCUT2D eigenvalue weighted by Crippen LogP contribution is -2.30. The number of nitrogens with one attached hydrogen (secondary N) is 1. The van der Waals surface area contributed by atoms with Gasteiger partial charge in [0, 0.05) is 37.2 Å². The number of aromatic nitrogens is 2. The van der Waals surface area contributed by atoms with Gasteiger partial charge in [0.2, 0.25) is 0 Å². The number of primary amides is 1. The van der Waals surface area contributed by atoms with Gasteiger partial charge >= 0.3 is 12.2 Å². The minimum absolute atomic E-state index is 0.0440. The van der Waals surface area contributed by atoms with Crippen molar-refractivity contribution in [2.75, 3.05) is 18.5 Å². The number of hydrogen-bond donors (Lipinski definition) is 2. The van der Waals surface area contributed by atoms with E-state index < -0.39 is 23.6 Å². The number of alkyl halides is 3. The van der Waals surface area contributed by atoms with Crippen molar-refractivity contribution >= 4 is 11.7 Å². The molecule has 7 nitrogen and oxygen atoms in total. The first kappa shape index (κ1) is 31.1. The van der Waals surface area contributed by atoms with Gasteiger partial charge in [-0.3, -0.25) is 4.90 Å². The largest absolute Gasteiger partial charge is 0.491 e. The second-order valence-electron chi connectivity index (χ2n) is 11.6. The van der Waals surface area contributed by atoms with Gasteiger partial charge < -0.3 is 15.8 Å². The average molecular weight is 610 g/mol. The number of fused-ring (bicyclic) bond motifs is 1. The maximum Gasteiger partial charge on any atom is 0.416 e. The normalized spacial score (nSPS) is 13.7. The minimum Gasteiger partial charge on any atom is -0.491 e. The zero-order chi connectivity index (χ0) is 31.8. The van der Waals surface area contributed by atoms with Crippen LogP contribution in [0.1, 0.15) is 47.4 Å². The van der Waals surface area contributed by atoms with E-state index in [0.29, 0.717) is 55.2 Å². The molecule has 0 radical (unpaired) electrons. The summed E-state index contributed by atoms with van der Waals surface area (Å²) in [5, 5.41) is 7.31. The summed E-state index contributed by atoms with van der Waals surface area (Å²) in [4.78, 5) is 13.5. The zero-order valence-corrected chi connectivity index (χ0v) is 25.1. The lowest BCUT2D eigenvalue weighted by atomic mass is 9.98. The third kappa shape index (κ3) is 6.57. The topological polar surface area (TPSA) is 85.4 Å². The van der Waals surface area contributed by atoms with Crippen LogP contribution in [0.4, 0.5) is 28.0 Å². The van der Waals surface area contributed by atoms with Crippen molar-refractivity contribution < 1.29 is 27.1 Å². The number of nitrogens with zero attached hydrogens (tertiary/aromatic N) is 3. The molecule has 3 N–H and O–H groups in total.